The average Bonchev–Trinajstić information content (AvgIpc) is 2.79. The Bertz CT molecular complexity index is 1410. The molecule has 0 aliphatic carbocycles. The van der Waals surface area contributed by atoms with Crippen LogP contribution in [0.15, 0.2) is 70.5 Å². The molecule has 0 saturated carbocycles. The van der Waals surface area contributed by atoms with Gasteiger partial charge >= 0.3 is 0 Å². The Morgan fingerprint density at radius 2 is 1.67 bits per heavy atom. The van der Waals surface area contributed by atoms with Gasteiger partial charge in [-0.3, -0.25) is 9.03 Å². The maximum Gasteiger partial charge on any atom is 0.264 e. The van der Waals surface area contributed by atoms with Gasteiger partial charge in [0.25, 0.3) is 20.0 Å². The topological polar surface area (TPSA) is 92.8 Å². The number of methoxy groups -OCH3 is 1. The second kappa shape index (κ2) is 8.64. The molecule has 0 radical (unpaired) electrons. The van der Waals surface area contributed by atoms with Crippen LogP contribution in [0, 0.1) is 11.6 Å². The van der Waals surface area contributed by atoms with E-state index in [9.17, 15) is 25.6 Å². The smallest absolute Gasteiger partial charge is 0.264 e. The summed E-state index contributed by atoms with van der Waals surface area (Å²) in [6, 6.07) is 12.6. The fourth-order valence-electron chi connectivity index (χ4n) is 3.64. The van der Waals surface area contributed by atoms with Crippen molar-refractivity contribution in [2.45, 2.75) is 22.6 Å². The fraction of sp³-hybridized carbons (Fsp3) is 0.182. The van der Waals surface area contributed by atoms with Crippen LogP contribution >= 0.6 is 0 Å². The number of hydrogen-bond acceptors (Lipinski definition) is 5. The quantitative estimate of drug-likeness (QED) is 0.561. The van der Waals surface area contributed by atoms with Crippen molar-refractivity contribution in [2.24, 2.45) is 0 Å². The molecule has 3 aromatic carbocycles. The molecule has 0 bridgehead atoms. The zero-order valence-electron chi connectivity index (χ0n) is 17.5. The number of aryl methyl sites for hydroxylation is 1. The molecule has 0 amide bonds. The van der Waals surface area contributed by atoms with Crippen molar-refractivity contribution in [2.75, 3.05) is 22.7 Å². The van der Waals surface area contributed by atoms with Gasteiger partial charge in [-0.15, -0.1) is 0 Å². The second-order valence-electron chi connectivity index (χ2n) is 7.38. The molecule has 0 saturated heterocycles. The summed E-state index contributed by atoms with van der Waals surface area (Å²) in [5.74, 6) is -1.44. The van der Waals surface area contributed by atoms with E-state index in [4.69, 9.17) is 4.74 Å². The highest BCUT2D eigenvalue weighted by atomic mass is 32.2. The van der Waals surface area contributed by atoms with Crippen molar-refractivity contribution < 1.29 is 30.4 Å². The van der Waals surface area contributed by atoms with Crippen LogP contribution in [-0.2, 0) is 26.5 Å². The molecule has 7 nitrogen and oxygen atoms in total. The van der Waals surface area contributed by atoms with Gasteiger partial charge < -0.3 is 4.74 Å². The number of hydrogen-bond donors (Lipinski definition) is 1. The summed E-state index contributed by atoms with van der Waals surface area (Å²) in [5.41, 5.74) is 1.15. The van der Waals surface area contributed by atoms with Crippen LogP contribution < -0.4 is 13.8 Å². The third-order valence-corrected chi connectivity index (χ3v) is 8.46. The molecule has 33 heavy (non-hydrogen) atoms. The van der Waals surface area contributed by atoms with Crippen molar-refractivity contribution in [1.29, 1.82) is 0 Å². The van der Waals surface area contributed by atoms with Gasteiger partial charge in [0.1, 0.15) is 22.3 Å². The number of rotatable bonds is 6. The molecular formula is C22H20F2N2O5S2. The van der Waals surface area contributed by atoms with Crippen molar-refractivity contribution in [3.05, 3.63) is 77.9 Å². The summed E-state index contributed by atoms with van der Waals surface area (Å²) >= 11 is 0. The molecule has 0 spiro atoms. The summed E-state index contributed by atoms with van der Waals surface area (Å²) in [7, 11) is -6.76. The number of anilines is 2. The molecule has 0 aromatic heterocycles. The lowest BCUT2D eigenvalue weighted by atomic mass is 10.0. The molecule has 1 aliphatic heterocycles. The van der Waals surface area contributed by atoms with E-state index in [1.807, 2.05) is 0 Å². The lowest BCUT2D eigenvalue weighted by molar-refractivity contribution is 0.414. The van der Waals surface area contributed by atoms with Crippen LogP contribution in [0.3, 0.4) is 0 Å². The largest absolute Gasteiger partial charge is 0.497 e. The fourth-order valence-corrected chi connectivity index (χ4v) is 6.32. The number of sulfonamides is 2. The van der Waals surface area contributed by atoms with E-state index in [0.717, 1.165) is 12.1 Å². The number of ether oxygens (including phenoxy) is 1. The van der Waals surface area contributed by atoms with E-state index in [0.29, 0.717) is 35.9 Å². The Kier molecular flexibility index (Phi) is 6.02. The Balaban J connectivity index is 1.65. The molecule has 3 aromatic rings. The molecule has 174 valence electrons. The Hall–Kier alpha value is -3.18. The zero-order chi connectivity index (χ0) is 23.8. The van der Waals surface area contributed by atoms with Crippen LogP contribution in [-0.4, -0.2) is 30.5 Å². The van der Waals surface area contributed by atoms with Crippen molar-refractivity contribution in [1.82, 2.24) is 0 Å². The minimum Gasteiger partial charge on any atom is -0.497 e. The monoisotopic (exact) mass is 494 g/mol. The van der Waals surface area contributed by atoms with Crippen LogP contribution in [0.25, 0.3) is 0 Å². The second-order valence-corrected chi connectivity index (χ2v) is 10.9. The van der Waals surface area contributed by atoms with Crippen LogP contribution in [0.5, 0.6) is 5.75 Å². The Morgan fingerprint density at radius 1 is 0.939 bits per heavy atom. The highest BCUT2D eigenvalue weighted by molar-refractivity contribution is 7.93. The lowest BCUT2D eigenvalue weighted by Gasteiger charge is -2.31. The van der Waals surface area contributed by atoms with E-state index in [1.165, 1.54) is 41.7 Å². The van der Waals surface area contributed by atoms with E-state index >= 15 is 0 Å². The highest BCUT2D eigenvalue weighted by Crippen LogP contribution is 2.34. The van der Waals surface area contributed by atoms with E-state index < -0.39 is 36.6 Å². The number of nitrogens with zero attached hydrogens (tertiary/aromatic N) is 1. The number of halogens is 2. The molecule has 4 rings (SSSR count). The predicted molar refractivity (Wildman–Crippen MR) is 119 cm³/mol. The van der Waals surface area contributed by atoms with Crippen molar-refractivity contribution in [3.8, 4) is 5.75 Å². The minimum absolute atomic E-state index is 0.0995. The molecule has 0 atom stereocenters. The van der Waals surface area contributed by atoms with Crippen LogP contribution in [0.4, 0.5) is 20.2 Å². The van der Waals surface area contributed by atoms with E-state index in [1.54, 1.807) is 12.1 Å². The Labute approximate surface area is 190 Å². The number of fused-ring (bicyclic) bond motifs is 1. The number of benzene rings is 3. The Morgan fingerprint density at radius 3 is 2.36 bits per heavy atom. The first-order valence-corrected chi connectivity index (χ1v) is 12.8. The summed E-state index contributed by atoms with van der Waals surface area (Å²) in [5, 5.41) is 0. The van der Waals surface area contributed by atoms with Crippen LogP contribution in [0.1, 0.15) is 12.0 Å². The van der Waals surface area contributed by atoms with Gasteiger partial charge in [-0.25, -0.2) is 25.6 Å². The first-order chi connectivity index (χ1) is 15.6. The normalized spacial score (nSPS) is 14.0. The third-order valence-electron chi connectivity index (χ3n) is 5.24. The molecule has 1 N–H and O–H groups in total. The van der Waals surface area contributed by atoms with E-state index in [2.05, 4.69) is 4.72 Å². The average molecular weight is 495 g/mol. The van der Waals surface area contributed by atoms with Gasteiger partial charge in [-0.05, 0) is 79.1 Å². The van der Waals surface area contributed by atoms with Gasteiger partial charge in [0.15, 0.2) is 0 Å². The summed E-state index contributed by atoms with van der Waals surface area (Å²) in [6.07, 6.45) is 1.05. The van der Waals surface area contributed by atoms with Gasteiger partial charge in [-0.2, -0.15) is 0 Å². The molecule has 1 heterocycles. The number of nitrogens with one attached hydrogen (secondary N) is 1. The molecule has 0 fully saturated rings. The van der Waals surface area contributed by atoms with Crippen molar-refractivity contribution >= 4 is 31.4 Å². The third kappa shape index (κ3) is 4.51. The van der Waals surface area contributed by atoms with Gasteiger partial charge in [-0.1, -0.05) is 0 Å². The summed E-state index contributed by atoms with van der Waals surface area (Å²) in [6.45, 7) is 0.265. The molecule has 1 aliphatic rings. The minimum atomic E-state index is -4.39. The SMILES string of the molecule is COc1ccc(S(=O)(=O)N2CCCc3cc(NS(=O)(=O)c4cc(F)ccc4F)ccc32)cc1. The summed E-state index contributed by atoms with van der Waals surface area (Å²) < 4.78 is 87.6. The molecule has 0 unspecified atom stereocenters. The summed E-state index contributed by atoms with van der Waals surface area (Å²) in [4.78, 5) is -0.716. The highest BCUT2D eigenvalue weighted by Gasteiger charge is 2.30. The van der Waals surface area contributed by atoms with E-state index in [-0.39, 0.29) is 17.1 Å². The van der Waals surface area contributed by atoms with Crippen molar-refractivity contribution in [3.63, 3.8) is 0 Å². The molecule has 11 heteroatoms. The van der Waals surface area contributed by atoms with Gasteiger partial charge in [0, 0.05) is 12.2 Å². The lowest BCUT2D eigenvalue weighted by Crippen LogP contribution is -2.35. The molecular weight excluding hydrogens is 474 g/mol. The maximum absolute atomic E-state index is 14.0. The first-order valence-electron chi connectivity index (χ1n) is 9.89. The zero-order valence-corrected chi connectivity index (χ0v) is 19.1. The maximum atomic E-state index is 14.0. The predicted octanol–water partition coefficient (Wildman–Crippen LogP) is 3.92. The van der Waals surface area contributed by atoms with Gasteiger partial charge in [0.05, 0.1) is 17.7 Å². The van der Waals surface area contributed by atoms with Crippen LogP contribution in [0.2, 0.25) is 0 Å². The first kappa shape index (κ1) is 23.0. The van der Waals surface area contributed by atoms with Gasteiger partial charge in [0.2, 0.25) is 0 Å². The standard InChI is InChI=1S/C22H20F2N2O5S2/c1-31-18-6-8-19(9-7-18)33(29,30)26-12-2-3-15-13-17(5-11-21(15)26)25-32(27,28)22-14-16(23)4-10-20(22)24/h4-11,13-14,25H,2-3,12H2,1H3.